The number of sulfonamides is 1. The van der Waals surface area contributed by atoms with Crippen molar-refractivity contribution in [3.63, 3.8) is 0 Å². The number of amides is 4. The fourth-order valence-electron chi connectivity index (χ4n) is 7.77. The molecule has 0 spiro atoms. The van der Waals surface area contributed by atoms with Crippen molar-refractivity contribution >= 4 is 50.3 Å². The smallest absolute Gasteiger partial charge is 0.408 e. The molecule has 4 heterocycles. The molecule has 5 atom stereocenters. The van der Waals surface area contributed by atoms with Crippen LogP contribution in [0.3, 0.4) is 0 Å². The van der Waals surface area contributed by atoms with E-state index in [1.807, 2.05) is 60.5 Å². The van der Waals surface area contributed by atoms with Gasteiger partial charge in [-0.15, -0.1) is 6.58 Å². The van der Waals surface area contributed by atoms with E-state index in [-0.39, 0.29) is 26.0 Å². The van der Waals surface area contributed by atoms with Crippen molar-refractivity contribution in [2.75, 3.05) is 31.6 Å². The number of benzene rings is 2. The van der Waals surface area contributed by atoms with Gasteiger partial charge in [0.25, 0.3) is 11.5 Å². The van der Waals surface area contributed by atoms with Gasteiger partial charge in [0.15, 0.2) is 0 Å². The third kappa shape index (κ3) is 7.41. The van der Waals surface area contributed by atoms with E-state index in [0.29, 0.717) is 42.6 Å². The van der Waals surface area contributed by atoms with Crippen LogP contribution in [0.2, 0.25) is 0 Å². The van der Waals surface area contributed by atoms with Crippen molar-refractivity contribution in [1.29, 1.82) is 0 Å². The lowest BCUT2D eigenvalue weighted by Crippen LogP contribution is -2.59. The Labute approximate surface area is 325 Å². The number of hydrogen-bond acceptors (Lipinski definition) is 10. The Balaban J connectivity index is 1.31. The highest BCUT2D eigenvalue weighted by Crippen LogP contribution is 2.46. The van der Waals surface area contributed by atoms with Gasteiger partial charge in [-0.25, -0.2) is 17.9 Å². The van der Waals surface area contributed by atoms with Crippen molar-refractivity contribution in [2.24, 2.45) is 11.8 Å². The van der Waals surface area contributed by atoms with Gasteiger partial charge < -0.3 is 25.2 Å². The Kier molecular flexibility index (Phi) is 10.5. The van der Waals surface area contributed by atoms with Crippen molar-refractivity contribution in [1.82, 2.24) is 30.0 Å². The molecule has 4 amide bonds. The first-order valence-corrected chi connectivity index (χ1v) is 20.5. The van der Waals surface area contributed by atoms with Gasteiger partial charge in [0.2, 0.25) is 21.8 Å². The maximum Gasteiger partial charge on any atom is 0.408 e. The minimum absolute atomic E-state index is 0.0463. The Morgan fingerprint density at radius 1 is 1.09 bits per heavy atom. The molecule has 3 aliphatic heterocycles. The molecule has 4 bridgehead atoms. The van der Waals surface area contributed by atoms with Gasteiger partial charge in [0.1, 0.15) is 24.2 Å². The molecule has 8 rings (SSSR count). The topological polar surface area (TPSA) is 189 Å². The molecule has 3 aromatic rings. The summed E-state index contributed by atoms with van der Waals surface area (Å²) in [5.74, 6) is -3.19. The van der Waals surface area contributed by atoms with Gasteiger partial charge in [-0.1, -0.05) is 74.5 Å². The third-order valence-corrected chi connectivity index (χ3v) is 13.0. The summed E-state index contributed by atoms with van der Waals surface area (Å²) in [5.41, 5.74) is -0.324. The number of carbonyl (C=O) groups excluding carboxylic acids is 4. The van der Waals surface area contributed by atoms with Gasteiger partial charge in [-0.3, -0.25) is 23.9 Å². The first-order chi connectivity index (χ1) is 26.8. The van der Waals surface area contributed by atoms with Crippen LogP contribution in [0.1, 0.15) is 52.0 Å². The van der Waals surface area contributed by atoms with Crippen LogP contribution in [0.5, 0.6) is 0 Å². The number of anilines is 1. The van der Waals surface area contributed by atoms with Gasteiger partial charge in [0.05, 0.1) is 28.7 Å². The van der Waals surface area contributed by atoms with Crippen molar-refractivity contribution < 1.29 is 32.3 Å². The normalized spacial score (nSPS) is 26.2. The predicted octanol–water partition coefficient (Wildman–Crippen LogP) is 3.02. The first-order valence-electron chi connectivity index (χ1n) is 19.0. The van der Waals surface area contributed by atoms with Gasteiger partial charge >= 0.3 is 6.09 Å². The first kappa shape index (κ1) is 38.8. The van der Waals surface area contributed by atoms with E-state index in [1.165, 1.54) is 15.7 Å². The van der Waals surface area contributed by atoms with E-state index < -0.39 is 80.1 Å². The zero-order valence-corrected chi connectivity index (χ0v) is 32.5. The van der Waals surface area contributed by atoms with E-state index in [9.17, 15) is 32.4 Å². The maximum atomic E-state index is 14.9. The summed E-state index contributed by atoms with van der Waals surface area (Å²) in [6, 6.07) is 10.4. The Hall–Kier alpha value is -5.51. The molecule has 2 aromatic carbocycles. The molecular formula is C40H47N7O8S. The number of aromatic nitrogens is 2. The molecule has 15 nitrogen and oxygen atoms in total. The molecule has 56 heavy (non-hydrogen) atoms. The average Bonchev–Trinajstić information content (AvgIpc) is 4.10. The van der Waals surface area contributed by atoms with Crippen LogP contribution in [0.15, 0.2) is 78.3 Å². The number of nitrogens with one attached hydrogen (secondary N) is 3. The van der Waals surface area contributed by atoms with E-state index in [4.69, 9.17) is 4.74 Å². The fourth-order valence-corrected chi connectivity index (χ4v) is 9.13. The maximum absolute atomic E-state index is 14.9. The fraction of sp³-hybridized carbons (Fsp3) is 0.450. The number of alkyl carbamates (subject to hydrolysis) is 1. The second kappa shape index (κ2) is 15.2. The molecule has 1 saturated heterocycles. The lowest BCUT2D eigenvalue weighted by molar-refractivity contribution is -0.141. The van der Waals surface area contributed by atoms with Gasteiger partial charge in [-0.05, 0) is 47.9 Å². The summed E-state index contributed by atoms with van der Waals surface area (Å²) >= 11 is 0. The Bertz CT molecular complexity index is 2280. The zero-order valence-electron chi connectivity index (χ0n) is 31.6. The third-order valence-electron chi connectivity index (χ3n) is 11.2. The number of fused-ring (bicyclic) bond motifs is 12. The van der Waals surface area contributed by atoms with Crippen LogP contribution in [0.25, 0.3) is 21.9 Å². The summed E-state index contributed by atoms with van der Waals surface area (Å²) < 4.78 is 34.4. The number of ether oxygens (including phenoxy) is 1. The van der Waals surface area contributed by atoms with Crippen LogP contribution in [0, 0.1) is 11.8 Å². The highest BCUT2D eigenvalue weighted by atomic mass is 32.2. The average molecular weight is 786 g/mol. The lowest BCUT2D eigenvalue weighted by Gasteiger charge is -2.31. The summed E-state index contributed by atoms with van der Waals surface area (Å²) in [6.07, 6.45) is 7.36. The summed E-state index contributed by atoms with van der Waals surface area (Å²) in [4.78, 5) is 73.5. The summed E-state index contributed by atoms with van der Waals surface area (Å²) in [6.45, 7) is 7.60. The summed E-state index contributed by atoms with van der Waals surface area (Å²) in [5, 5.41) is 11.2. The van der Waals surface area contributed by atoms with Gasteiger partial charge in [-0.2, -0.15) is 5.10 Å². The monoisotopic (exact) mass is 785 g/mol. The minimum Gasteiger partial charge on any atom is -0.445 e. The molecule has 16 heteroatoms. The SMILES string of the molecule is C=CC1CC1(NC(=O)[C@@H]1C[C@@H]2CN1C(=O)[C@H](C(C)C)NC(=O)OC/C=C/CCN(C)c1cnn2c(=O)c1-c1cccc2ccccc12)C(=O)NS(=O)(=O)C1CC1. The van der Waals surface area contributed by atoms with Crippen LogP contribution in [-0.4, -0.2) is 96.5 Å². The van der Waals surface area contributed by atoms with Crippen molar-refractivity contribution in [2.45, 2.75) is 74.9 Å². The molecule has 3 fully saturated rings. The van der Waals surface area contributed by atoms with Crippen molar-refractivity contribution in [3.8, 4) is 11.1 Å². The Morgan fingerprint density at radius 2 is 1.84 bits per heavy atom. The lowest BCUT2D eigenvalue weighted by atomic mass is 9.98. The van der Waals surface area contributed by atoms with E-state index in [2.05, 4.69) is 27.0 Å². The van der Waals surface area contributed by atoms with Gasteiger partial charge in [0, 0.05) is 32.5 Å². The number of rotatable bonds is 8. The van der Waals surface area contributed by atoms with Crippen molar-refractivity contribution in [3.05, 3.63) is 83.8 Å². The van der Waals surface area contributed by atoms with E-state index >= 15 is 0 Å². The van der Waals surface area contributed by atoms with E-state index in [1.54, 1.807) is 26.1 Å². The highest BCUT2D eigenvalue weighted by molar-refractivity contribution is 7.91. The van der Waals surface area contributed by atoms with Crippen LogP contribution >= 0.6 is 0 Å². The molecule has 0 radical (unpaired) electrons. The van der Waals surface area contributed by atoms with Crippen LogP contribution in [-0.2, 0) is 29.1 Å². The molecular weight excluding hydrogens is 739 g/mol. The summed E-state index contributed by atoms with van der Waals surface area (Å²) in [7, 11) is -2.07. The number of carbonyl (C=O) groups is 4. The predicted molar refractivity (Wildman–Crippen MR) is 210 cm³/mol. The largest absolute Gasteiger partial charge is 0.445 e. The quantitative estimate of drug-likeness (QED) is 0.287. The molecule has 2 unspecified atom stereocenters. The van der Waals surface area contributed by atoms with E-state index in [0.717, 1.165) is 10.8 Å². The molecule has 296 valence electrons. The standard InChI is InChI=1S/C40H47N7O8S/c1-5-26-21-40(26,38(51)44-56(53,54)28-16-17-28)43-35(48)31-20-27-23-46(31)37(50)34(24(2)3)42-39(52)55-19-10-6-9-18-45(4)32-22-41-47(27)36(49)33(32)30-15-11-13-25-12-7-8-14-29(25)30/h5-8,10-15,22,24,26-28,31,34H,1,9,16-21,23H2,2-4H3,(H,42,52)(H,43,48)(H,44,51)/b10-6+/t26?,27-,31+,34+,40?/m1/s1. The molecule has 3 N–H and O–H groups in total. The number of nitrogens with zero attached hydrogens (tertiary/aromatic N) is 4. The second-order valence-corrected chi connectivity index (χ2v) is 17.4. The second-order valence-electron chi connectivity index (χ2n) is 15.4. The molecule has 1 aromatic heterocycles. The molecule has 2 saturated carbocycles. The number of hydrogen-bond donors (Lipinski definition) is 3. The molecule has 5 aliphatic rings. The zero-order chi connectivity index (χ0) is 39.9. The minimum atomic E-state index is -3.93. The van der Waals surface area contributed by atoms with Crippen LogP contribution in [0.4, 0.5) is 10.5 Å². The highest BCUT2D eigenvalue weighted by Gasteiger charge is 2.62. The molecule has 2 aliphatic carbocycles. The van der Waals surface area contributed by atoms with Crippen LogP contribution < -0.4 is 25.8 Å². The Morgan fingerprint density at radius 3 is 2.55 bits per heavy atom.